The average molecular weight is 468 g/mol. The van der Waals surface area contributed by atoms with Crippen LogP contribution in [0.1, 0.15) is 27.8 Å². The Labute approximate surface area is 202 Å². The number of rotatable bonds is 9. The number of carbonyl (C=O) groups excluding carboxylic acids is 1. The Morgan fingerprint density at radius 2 is 1.88 bits per heavy atom. The van der Waals surface area contributed by atoms with Gasteiger partial charge in [-0.15, -0.1) is 11.3 Å². The van der Waals surface area contributed by atoms with Gasteiger partial charge < -0.3 is 9.32 Å². The van der Waals surface area contributed by atoms with Gasteiger partial charge in [0.05, 0.1) is 24.9 Å². The van der Waals surface area contributed by atoms with E-state index in [-0.39, 0.29) is 5.91 Å². The third-order valence-electron chi connectivity index (χ3n) is 5.72. The first-order valence-corrected chi connectivity index (χ1v) is 12.1. The number of nitrogens with zero attached hydrogens (tertiary/aromatic N) is 2. The normalized spacial score (nSPS) is 12.0. The second-order valence-corrected chi connectivity index (χ2v) is 9.14. The Bertz CT molecular complexity index is 1300. The number of hydrogen-bond donors (Lipinski definition) is 1. The minimum atomic E-state index is -0.485. The molecule has 1 N–H and O–H groups in total. The lowest BCUT2D eigenvalue weighted by atomic mass is 10.0. The minimum absolute atomic E-state index is 0.0125. The standard InChI is InChI=1S/C28H25N3O2S/c32-28(31(19-24-10-5-15-33-24)20-25-11-6-16-34-25)27(22-7-2-1-3-8-22)30-18-21-12-13-26-23(17-21)9-4-14-29-26/h1-17,27,30H,18-20H2/t27-/m1/s1. The first-order chi connectivity index (χ1) is 16.8. The van der Waals surface area contributed by atoms with E-state index in [0.717, 1.165) is 32.7 Å². The number of aromatic nitrogens is 1. The summed E-state index contributed by atoms with van der Waals surface area (Å²) >= 11 is 1.65. The molecule has 0 radical (unpaired) electrons. The van der Waals surface area contributed by atoms with Crippen molar-refractivity contribution in [1.29, 1.82) is 0 Å². The Hall–Kier alpha value is -3.74. The zero-order valence-electron chi connectivity index (χ0n) is 18.6. The average Bonchev–Trinajstić information content (AvgIpc) is 3.59. The molecule has 0 unspecified atom stereocenters. The maximum absolute atomic E-state index is 13.9. The van der Waals surface area contributed by atoms with Crippen LogP contribution in [0.5, 0.6) is 0 Å². The van der Waals surface area contributed by atoms with Crippen molar-refractivity contribution in [2.24, 2.45) is 0 Å². The molecule has 6 heteroatoms. The summed E-state index contributed by atoms with van der Waals surface area (Å²) in [7, 11) is 0. The van der Waals surface area contributed by atoms with Crippen LogP contribution < -0.4 is 5.32 Å². The number of furan rings is 1. The molecule has 0 fully saturated rings. The van der Waals surface area contributed by atoms with Gasteiger partial charge in [-0.2, -0.15) is 0 Å². The maximum atomic E-state index is 13.9. The van der Waals surface area contributed by atoms with E-state index < -0.39 is 6.04 Å². The van der Waals surface area contributed by atoms with E-state index in [2.05, 4.69) is 34.6 Å². The first kappa shape index (κ1) is 22.1. The summed E-state index contributed by atoms with van der Waals surface area (Å²) in [5.41, 5.74) is 3.00. The number of carbonyl (C=O) groups is 1. The third-order valence-corrected chi connectivity index (χ3v) is 6.58. The van der Waals surface area contributed by atoms with Crippen molar-refractivity contribution in [1.82, 2.24) is 15.2 Å². The molecule has 34 heavy (non-hydrogen) atoms. The summed E-state index contributed by atoms with van der Waals surface area (Å²) in [6.45, 7) is 1.50. The molecule has 5 rings (SSSR count). The summed E-state index contributed by atoms with van der Waals surface area (Å²) < 4.78 is 5.57. The molecule has 1 amide bonds. The van der Waals surface area contributed by atoms with E-state index in [1.807, 2.05) is 70.9 Å². The Balaban J connectivity index is 1.41. The van der Waals surface area contributed by atoms with Crippen molar-refractivity contribution in [3.8, 4) is 0 Å². The Morgan fingerprint density at radius 1 is 0.971 bits per heavy atom. The molecule has 0 bridgehead atoms. The zero-order valence-corrected chi connectivity index (χ0v) is 19.4. The van der Waals surface area contributed by atoms with Crippen molar-refractivity contribution >= 4 is 28.1 Å². The monoisotopic (exact) mass is 467 g/mol. The van der Waals surface area contributed by atoms with Crippen molar-refractivity contribution in [3.63, 3.8) is 0 Å². The van der Waals surface area contributed by atoms with Gasteiger partial charge in [-0.05, 0) is 52.9 Å². The predicted octanol–water partition coefficient (Wildman–Crippen LogP) is 5.95. The van der Waals surface area contributed by atoms with Crippen molar-refractivity contribution in [2.45, 2.75) is 25.7 Å². The zero-order chi connectivity index (χ0) is 23.2. The first-order valence-electron chi connectivity index (χ1n) is 11.2. The highest BCUT2D eigenvalue weighted by atomic mass is 32.1. The summed E-state index contributed by atoms with van der Waals surface area (Å²) in [4.78, 5) is 21.3. The maximum Gasteiger partial charge on any atom is 0.245 e. The molecule has 0 saturated heterocycles. The fourth-order valence-electron chi connectivity index (χ4n) is 4.02. The van der Waals surface area contributed by atoms with Crippen LogP contribution in [0.25, 0.3) is 10.9 Å². The topological polar surface area (TPSA) is 58.4 Å². The molecule has 0 aliphatic heterocycles. The SMILES string of the molecule is O=C([C@H](NCc1ccc2ncccc2c1)c1ccccc1)N(Cc1ccco1)Cc1cccs1. The molecule has 0 aliphatic carbocycles. The van der Waals surface area contributed by atoms with Gasteiger partial charge in [0.25, 0.3) is 0 Å². The number of hydrogen-bond acceptors (Lipinski definition) is 5. The third kappa shape index (κ3) is 5.25. The lowest BCUT2D eigenvalue weighted by Crippen LogP contribution is -2.40. The predicted molar refractivity (Wildman–Crippen MR) is 135 cm³/mol. The van der Waals surface area contributed by atoms with Crippen LogP contribution in [0.2, 0.25) is 0 Å². The van der Waals surface area contributed by atoms with E-state index in [0.29, 0.717) is 19.6 Å². The largest absolute Gasteiger partial charge is 0.467 e. The molecular weight excluding hydrogens is 442 g/mol. The Morgan fingerprint density at radius 3 is 2.68 bits per heavy atom. The second kappa shape index (κ2) is 10.5. The van der Waals surface area contributed by atoms with Gasteiger partial charge in [0, 0.05) is 23.0 Å². The van der Waals surface area contributed by atoms with Crippen molar-refractivity contribution in [3.05, 3.63) is 125 Å². The summed E-state index contributed by atoms with van der Waals surface area (Å²) in [6.07, 6.45) is 3.44. The highest BCUT2D eigenvalue weighted by molar-refractivity contribution is 7.09. The number of fused-ring (bicyclic) bond motifs is 1. The molecule has 3 heterocycles. The van der Waals surface area contributed by atoms with Gasteiger partial charge in [-0.1, -0.05) is 48.5 Å². The summed E-state index contributed by atoms with van der Waals surface area (Å²) in [5, 5.41) is 6.64. The number of pyridine rings is 1. The molecular formula is C28H25N3O2S. The van der Waals surface area contributed by atoms with Crippen LogP contribution in [0.3, 0.4) is 0 Å². The molecule has 0 aliphatic rings. The van der Waals surface area contributed by atoms with E-state index in [1.54, 1.807) is 23.8 Å². The summed E-state index contributed by atoms with van der Waals surface area (Å²) in [5.74, 6) is 0.775. The number of amides is 1. The molecule has 5 nitrogen and oxygen atoms in total. The van der Waals surface area contributed by atoms with Crippen molar-refractivity contribution < 1.29 is 9.21 Å². The summed E-state index contributed by atoms with van der Waals surface area (Å²) in [6, 6.07) is 27.4. The van der Waals surface area contributed by atoms with Gasteiger partial charge >= 0.3 is 0 Å². The fraction of sp³-hybridized carbons (Fsp3) is 0.143. The smallest absolute Gasteiger partial charge is 0.245 e. The van der Waals surface area contributed by atoms with Gasteiger partial charge in [0.15, 0.2) is 0 Å². The molecule has 1 atom stereocenters. The van der Waals surface area contributed by atoms with E-state index in [4.69, 9.17) is 4.42 Å². The quantitative estimate of drug-likeness (QED) is 0.291. The van der Waals surface area contributed by atoms with Gasteiger partial charge in [-0.25, -0.2) is 0 Å². The van der Waals surface area contributed by atoms with E-state index >= 15 is 0 Å². The molecule has 3 aromatic heterocycles. The minimum Gasteiger partial charge on any atom is -0.467 e. The van der Waals surface area contributed by atoms with Crippen LogP contribution in [0, 0.1) is 0 Å². The molecule has 0 spiro atoms. The van der Waals surface area contributed by atoms with Crippen molar-refractivity contribution in [2.75, 3.05) is 0 Å². The molecule has 0 saturated carbocycles. The highest BCUT2D eigenvalue weighted by Gasteiger charge is 2.27. The Kier molecular flexibility index (Phi) is 6.79. The molecule has 5 aromatic rings. The van der Waals surface area contributed by atoms with Gasteiger partial charge in [-0.3, -0.25) is 15.1 Å². The van der Waals surface area contributed by atoms with Gasteiger partial charge in [0.1, 0.15) is 11.8 Å². The van der Waals surface area contributed by atoms with Crippen LogP contribution in [-0.2, 0) is 24.4 Å². The van der Waals surface area contributed by atoms with E-state index in [9.17, 15) is 4.79 Å². The lowest BCUT2D eigenvalue weighted by molar-refractivity contribution is -0.135. The lowest BCUT2D eigenvalue weighted by Gasteiger charge is -2.27. The fourth-order valence-corrected chi connectivity index (χ4v) is 4.74. The van der Waals surface area contributed by atoms with Crippen LogP contribution >= 0.6 is 11.3 Å². The van der Waals surface area contributed by atoms with Crippen LogP contribution in [-0.4, -0.2) is 15.8 Å². The molecule has 2 aromatic carbocycles. The van der Waals surface area contributed by atoms with Crippen LogP contribution in [0.4, 0.5) is 0 Å². The number of benzene rings is 2. The van der Waals surface area contributed by atoms with Gasteiger partial charge in [0.2, 0.25) is 5.91 Å². The van der Waals surface area contributed by atoms with Crippen LogP contribution in [0.15, 0.2) is 107 Å². The number of thiophene rings is 1. The van der Waals surface area contributed by atoms with E-state index in [1.165, 1.54) is 0 Å². The number of nitrogens with one attached hydrogen (secondary N) is 1. The highest BCUT2D eigenvalue weighted by Crippen LogP contribution is 2.22. The second-order valence-electron chi connectivity index (χ2n) is 8.11. The molecule has 170 valence electrons.